The molecule has 0 aromatic heterocycles. The monoisotopic (exact) mass is 334 g/mol. The van der Waals surface area contributed by atoms with Gasteiger partial charge in [-0.2, -0.15) is 4.31 Å². The number of rotatable bonds is 3. The molecular formula is C13H19ClN2O4S. The van der Waals surface area contributed by atoms with E-state index in [0.29, 0.717) is 25.1 Å². The minimum atomic E-state index is -3.62. The normalized spacial score (nSPS) is 19.1. The van der Waals surface area contributed by atoms with E-state index in [-0.39, 0.29) is 28.9 Å². The summed E-state index contributed by atoms with van der Waals surface area (Å²) in [4.78, 5) is 11.7. The number of halogens is 1. The van der Waals surface area contributed by atoms with E-state index in [9.17, 15) is 13.2 Å². The maximum absolute atomic E-state index is 12.6. The van der Waals surface area contributed by atoms with Gasteiger partial charge >= 0.3 is 5.97 Å². The fraction of sp³-hybridized carbons (Fsp3) is 0.462. The highest BCUT2D eigenvalue weighted by Gasteiger charge is 2.32. The van der Waals surface area contributed by atoms with Gasteiger partial charge in [-0.05, 0) is 31.0 Å². The summed E-state index contributed by atoms with van der Waals surface area (Å²) in [6.07, 6.45) is 0.648. The van der Waals surface area contributed by atoms with Crippen molar-refractivity contribution in [1.82, 2.24) is 4.31 Å². The molecule has 1 aliphatic rings. The molecule has 0 amide bonds. The largest absolute Gasteiger partial charge is 0.465 e. The SMILES string of the molecule is COC(=O)c1ccc(C)c(S(=O)(=O)N2CC[C@@H](N)C2)c1.Cl. The zero-order valence-electron chi connectivity index (χ0n) is 11.9. The molecule has 0 spiro atoms. The van der Waals surface area contributed by atoms with E-state index in [1.54, 1.807) is 19.1 Å². The maximum Gasteiger partial charge on any atom is 0.337 e. The smallest absolute Gasteiger partial charge is 0.337 e. The summed E-state index contributed by atoms with van der Waals surface area (Å²) >= 11 is 0. The first kappa shape index (κ1) is 17.9. The van der Waals surface area contributed by atoms with Crippen LogP contribution in [-0.2, 0) is 14.8 Å². The standard InChI is InChI=1S/C13H18N2O4S.ClH/c1-9-3-4-10(13(16)19-2)7-12(9)20(17,18)15-6-5-11(14)8-15;/h3-4,7,11H,5-6,8,14H2,1-2H3;1H/t11-;/m1./s1. The Hall–Kier alpha value is -1.15. The fourth-order valence-electron chi connectivity index (χ4n) is 2.23. The van der Waals surface area contributed by atoms with Crippen molar-refractivity contribution >= 4 is 28.4 Å². The lowest BCUT2D eigenvalue weighted by Crippen LogP contribution is -2.32. The summed E-state index contributed by atoms with van der Waals surface area (Å²) in [5.74, 6) is -0.556. The predicted molar refractivity (Wildman–Crippen MR) is 81.1 cm³/mol. The van der Waals surface area contributed by atoms with Crippen LogP contribution in [0.4, 0.5) is 0 Å². The second kappa shape index (κ2) is 6.74. The zero-order valence-corrected chi connectivity index (χ0v) is 13.5. The summed E-state index contributed by atoms with van der Waals surface area (Å²) < 4.78 is 31.1. The van der Waals surface area contributed by atoms with Crippen LogP contribution in [-0.4, -0.2) is 44.9 Å². The van der Waals surface area contributed by atoms with E-state index in [2.05, 4.69) is 4.74 Å². The van der Waals surface area contributed by atoms with E-state index in [1.165, 1.54) is 17.5 Å². The summed E-state index contributed by atoms with van der Waals surface area (Å²) in [6.45, 7) is 2.42. The van der Waals surface area contributed by atoms with Gasteiger partial charge in [-0.15, -0.1) is 12.4 Å². The number of benzene rings is 1. The molecule has 1 aromatic rings. The molecule has 1 aliphatic heterocycles. The lowest BCUT2D eigenvalue weighted by molar-refractivity contribution is 0.0600. The third kappa shape index (κ3) is 3.55. The molecule has 0 bridgehead atoms. The van der Waals surface area contributed by atoms with E-state index in [4.69, 9.17) is 5.73 Å². The first-order valence-corrected chi connectivity index (χ1v) is 7.75. The number of nitrogens with zero attached hydrogens (tertiary/aromatic N) is 1. The third-order valence-electron chi connectivity index (χ3n) is 3.41. The van der Waals surface area contributed by atoms with Crippen molar-refractivity contribution in [3.05, 3.63) is 29.3 Å². The highest BCUT2D eigenvalue weighted by molar-refractivity contribution is 7.89. The van der Waals surface area contributed by atoms with Crippen molar-refractivity contribution in [2.75, 3.05) is 20.2 Å². The first-order chi connectivity index (χ1) is 9.36. The lowest BCUT2D eigenvalue weighted by Gasteiger charge is -2.18. The van der Waals surface area contributed by atoms with Crippen LogP contribution in [0.2, 0.25) is 0 Å². The molecule has 1 saturated heterocycles. The van der Waals surface area contributed by atoms with Crippen molar-refractivity contribution in [3.8, 4) is 0 Å². The van der Waals surface area contributed by atoms with E-state index >= 15 is 0 Å². The number of sulfonamides is 1. The lowest BCUT2D eigenvalue weighted by atomic mass is 10.1. The molecule has 118 valence electrons. The Bertz CT molecular complexity index is 633. The molecule has 1 fully saturated rings. The Kier molecular flexibility index (Phi) is 5.75. The minimum absolute atomic E-state index is 0. The van der Waals surface area contributed by atoms with Crippen molar-refractivity contribution in [2.24, 2.45) is 5.73 Å². The predicted octanol–water partition coefficient (Wildman–Crippen LogP) is 0.925. The van der Waals surface area contributed by atoms with Crippen LogP contribution >= 0.6 is 12.4 Å². The maximum atomic E-state index is 12.6. The molecule has 2 rings (SSSR count). The average Bonchev–Trinajstić information content (AvgIpc) is 2.85. The van der Waals surface area contributed by atoms with Crippen molar-refractivity contribution in [3.63, 3.8) is 0 Å². The molecule has 21 heavy (non-hydrogen) atoms. The summed E-state index contributed by atoms with van der Waals surface area (Å²) in [7, 11) is -2.36. The molecular weight excluding hydrogens is 316 g/mol. The number of aryl methyl sites for hydroxylation is 1. The minimum Gasteiger partial charge on any atom is -0.465 e. The van der Waals surface area contributed by atoms with Crippen molar-refractivity contribution in [1.29, 1.82) is 0 Å². The van der Waals surface area contributed by atoms with Crippen molar-refractivity contribution in [2.45, 2.75) is 24.3 Å². The van der Waals surface area contributed by atoms with Crippen molar-refractivity contribution < 1.29 is 17.9 Å². The average molecular weight is 335 g/mol. The summed E-state index contributed by atoms with van der Waals surface area (Å²) in [5.41, 5.74) is 6.58. The molecule has 0 unspecified atom stereocenters. The molecule has 2 N–H and O–H groups in total. The highest BCUT2D eigenvalue weighted by atomic mass is 35.5. The Morgan fingerprint density at radius 2 is 2.10 bits per heavy atom. The zero-order chi connectivity index (χ0) is 14.9. The second-order valence-electron chi connectivity index (χ2n) is 4.88. The van der Waals surface area contributed by atoms with Gasteiger partial charge in [-0.1, -0.05) is 6.07 Å². The highest BCUT2D eigenvalue weighted by Crippen LogP contribution is 2.24. The number of carbonyl (C=O) groups is 1. The quantitative estimate of drug-likeness (QED) is 0.830. The van der Waals surface area contributed by atoms with Crippen LogP contribution in [0, 0.1) is 6.92 Å². The Morgan fingerprint density at radius 3 is 2.62 bits per heavy atom. The fourth-order valence-corrected chi connectivity index (χ4v) is 4.00. The molecule has 8 heteroatoms. The second-order valence-corrected chi connectivity index (χ2v) is 6.79. The molecule has 0 aliphatic carbocycles. The van der Waals surface area contributed by atoms with Gasteiger partial charge in [0.05, 0.1) is 17.6 Å². The van der Waals surface area contributed by atoms with E-state index in [1.807, 2.05) is 0 Å². The Labute approximate surface area is 130 Å². The number of esters is 1. The van der Waals surface area contributed by atoms with Gasteiger partial charge in [-0.25, -0.2) is 13.2 Å². The Balaban J connectivity index is 0.00000220. The Morgan fingerprint density at radius 1 is 1.43 bits per heavy atom. The first-order valence-electron chi connectivity index (χ1n) is 6.31. The molecule has 1 atom stereocenters. The number of nitrogens with two attached hydrogens (primary N) is 1. The number of hydrogen-bond donors (Lipinski definition) is 1. The van der Waals surface area contributed by atoms with Gasteiger partial charge in [0.25, 0.3) is 0 Å². The number of methoxy groups -OCH3 is 1. The molecule has 6 nitrogen and oxygen atoms in total. The number of carbonyl (C=O) groups excluding carboxylic acids is 1. The molecule has 1 aromatic carbocycles. The molecule has 0 saturated carbocycles. The van der Waals surface area contributed by atoms with Gasteiger partial charge in [0.15, 0.2) is 0 Å². The van der Waals surface area contributed by atoms with Crippen LogP contribution < -0.4 is 5.73 Å². The van der Waals surface area contributed by atoms with E-state index < -0.39 is 16.0 Å². The van der Waals surface area contributed by atoms with Gasteiger partial charge in [-0.3, -0.25) is 0 Å². The third-order valence-corrected chi connectivity index (χ3v) is 5.42. The van der Waals surface area contributed by atoms with Gasteiger partial charge < -0.3 is 10.5 Å². The topological polar surface area (TPSA) is 89.7 Å². The summed E-state index contributed by atoms with van der Waals surface area (Å²) in [5, 5.41) is 0. The number of hydrogen-bond acceptors (Lipinski definition) is 5. The van der Waals surface area contributed by atoms with Crippen LogP contribution in [0.1, 0.15) is 22.3 Å². The van der Waals surface area contributed by atoms with Crippen LogP contribution in [0.25, 0.3) is 0 Å². The summed E-state index contributed by atoms with van der Waals surface area (Å²) in [6, 6.07) is 4.39. The van der Waals surface area contributed by atoms with Gasteiger partial charge in [0, 0.05) is 19.1 Å². The van der Waals surface area contributed by atoms with Gasteiger partial charge in [0.2, 0.25) is 10.0 Å². The number of ether oxygens (including phenoxy) is 1. The van der Waals surface area contributed by atoms with E-state index in [0.717, 1.165) is 0 Å². The van der Waals surface area contributed by atoms with Crippen LogP contribution in [0.15, 0.2) is 23.1 Å². The molecule has 1 heterocycles. The van der Waals surface area contributed by atoms with Crippen LogP contribution in [0.3, 0.4) is 0 Å². The van der Waals surface area contributed by atoms with Crippen LogP contribution in [0.5, 0.6) is 0 Å². The molecule has 0 radical (unpaired) electrons. The van der Waals surface area contributed by atoms with Gasteiger partial charge in [0.1, 0.15) is 0 Å².